The Kier molecular flexibility index (Phi) is 4.70. The molecular formula is C20H13ClFN3O2S. The standard InChI is InChI=1S/C20H13ClFN3O2S/c21-20-19(25-28(26,27)18-5-3-17(22)4-6-18)10-16(12-24-20)13-1-2-15-11-23-8-7-14(15)9-13/h1-12,25H. The molecule has 0 spiro atoms. The fourth-order valence-corrected chi connectivity index (χ4v) is 4.02. The molecule has 0 amide bonds. The highest BCUT2D eigenvalue weighted by molar-refractivity contribution is 7.92. The number of aromatic nitrogens is 2. The van der Waals surface area contributed by atoms with Crippen molar-refractivity contribution in [3.8, 4) is 11.1 Å². The zero-order chi connectivity index (χ0) is 19.7. The van der Waals surface area contributed by atoms with E-state index >= 15 is 0 Å². The number of anilines is 1. The summed E-state index contributed by atoms with van der Waals surface area (Å²) in [6.45, 7) is 0. The summed E-state index contributed by atoms with van der Waals surface area (Å²) >= 11 is 6.09. The van der Waals surface area contributed by atoms with Crippen LogP contribution in [-0.2, 0) is 10.0 Å². The van der Waals surface area contributed by atoms with Gasteiger partial charge in [0.05, 0.1) is 10.6 Å². The van der Waals surface area contributed by atoms with Crippen molar-refractivity contribution in [3.05, 3.63) is 84.2 Å². The Labute approximate surface area is 165 Å². The van der Waals surface area contributed by atoms with Crippen molar-refractivity contribution in [1.29, 1.82) is 0 Å². The maximum Gasteiger partial charge on any atom is 0.261 e. The molecule has 0 atom stereocenters. The number of sulfonamides is 1. The van der Waals surface area contributed by atoms with Crippen molar-refractivity contribution >= 4 is 38.1 Å². The van der Waals surface area contributed by atoms with Crippen LogP contribution >= 0.6 is 11.6 Å². The smallest absolute Gasteiger partial charge is 0.261 e. The van der Waals surface area contributed by atoms with Crippen molar-refractivity contribution in [2.45, 2.75) is 4.90 Å². The van der Waals surface area contributed by atoms with E-state index in [1.807, 2.05) is 24.3 Å². The lowest BCUT2D eigenvalue weighted by Crippen LogP contribution is -2.13. The van der Waals surface area contributed by atoms with Crippen LogP contribution in [0.5, 0.6) is 0 Å². The molecule has 0 aliphatic heterocycles. The summed E-state index contributed by atoms with van der Waals surface area (Å²) in [6, 6.07) is 13.8. The zero-order valence-corrected chi connectivity index (χ0v) is 15.9. The second-order valence-corrected chi connectivity index (χ2v) is 8.10. The van der Waals surface area contributed by atoms with E-state index in [2.05, 4.69) is 14.7 Å². The predicted molar refractivity (Wildman–Crippen MR) is 107 cm³/mol. The Morgan fingerprint density at radius 3 is 2.46 bits per heavy atom. The summed E-state index contributed by atoms with van der Waals surface area (Å²) in [5.74, 6) is -0.521. The molecule has 2 aromatic carbocycles. The Bertz CT molecular complexity index is 1280. The summed E-state index contributed by atoms with van der Waals surface area (Å²) in [7, 11) is -3.94. The normalized spacial score (nSPS) is 11.5. The van der Waals surface area contributed by atoms with Crippen LogP contribution in [0.4, 0.5) is 10.1 Å². The lowest BCUT2D eigenvalue weighted by atomic mass is 10.0. The van der Waals surface area contributed by atoms with Gasteiger partial charge in [-0.15, -0.1) is 0 Å². The van der Waals surface area contributed by atoms with Crippen LogP contribution in [0, 0.1) is 5.82 Å². The van der Waals surface area contributed by atoms with E-state index in [1.165, 1.54) is 12.1 Å². The quantitative estimate of drug-likeness (QED) is 0.483. The second kappa shape index (κ2) is 7.18. The number of nitrogens with one attached hydrogen (secondary N) is 1. The number of hydrogen-bond acceptors (Lipinski definition) is 4. The van der Waals surface area contributed by atoms with Gasteiger partial charge in [-0.05, 0) is 53.4 Å². The molecule has 0 saturated heterocycles. The Morgan fingerprint density at radius 1 is 0.893 bits per heavy atom. The highest BCUT2D eigenvalue weighted by atomic mass is 35.5. The molecule has 0 bridgehead atoms. The third kappa shape index (κ3) is 3.67. The Hall–Kier alpha value is -3.03. The number of fused-ring (bicyclic) bond motifs is 1. The molecule has 5 nitrogen and oxygen atoms in total. The molecule has 8 heteroatoms. The molecule has 28 heavy (non-hydrogen) atoms. The number of nitrogens with zero attached hydrogens (tertiary/aromatic N) is 2. The predicted octanol–water partition coefficient (Wildman–Crippen LogP) is 4.89. The van der Waals surface area contributed by atoms with Gasteiger partial charge in [0.15, 0.2) is 5.15 Å². The second-order valence-electron chi connectivity index (χ2n) is 6.06. The number of pyridine rings is 2. The number of benzene rings is 2. The molecular weight excluding hydrogens is 401 g/mol. The molecule has 2 heterocycles. The van der Waals surface area contributed by atoms with Crippen LogP contribution < -0.4 is 4.72 Å². The molecule has 0 aliphatic rings. The van der Waals surface area contributed by atoms with Gasteiger partial charge in [-0.3, -0.25) is 9.71 Å². The average molecular weight is 414 g/mol. The lowest BCUT2D eigenvalue weighted by Gasteiger charge is -2.11. The van der Waals surface area contributed by atoms with Crippen molar-refractivity contribution < 1.29 is 12.8 Å². The minimum atomic E-state index is -3.94. The number of rotatable bonds is 4. The van der Waals surface area contributed by atoms with E-state index in [0.717, 1.165) is 28.5 Å². The van der Waals surface area contributed by atoms with Crippen LogP contribution in [0.1, 0.15) is 0 Å². The first-order chi connectivity index (χ1) is 13.4. The first-order valence-corrected chi connectivity index (χ1v) is 10.1. The molecule has 2 aromatic heterocycles. The number of halogens is 2. The average Bonchev–Trinajstić information content (AvgIpc) is 2.69. The van der Waals surface area contributed by atoms with Crippen molar-refractivity contribution in [2.24, 2.45) is 0 Å². The van der Waals surface area contributed by atoms with E-state index in [1.54, 1.807) is 24.7 Å². The molecule has 0 unspecified atom stereocenters. The third-order valence-corrected chi connectivity index (χ3v) is 5.86. The Morgan fingerprint density at radius 2 is 1.68 bits per heavy atom. The maximum atomic E-state index is 13.1. The summed E-state index contributed by atoms with van der Waals surface area (Å²) in [6.07, 6.45) is 5.04. The molecule has 1 N–H and O–H groups in total. The largest absolute Gasteiger partial charge is 0.276 e. The summed E-state index contributed by atoms with van der Waals surface area (Å²) in [4.78, 5) is 8.10. The first kappa shape index (κ1) is 18.3. The Balaban J connectivity index is 1.71. The van der Waals surface area contributed by atoms with E-state index in [9.17, 15) is 12.8 Å². The molecule has 4 rings (SSSR count). The summed E-state index contributed by atoms with van der Waals surface area (Å²) in [5, 5.41) is 2.00. The van der Waals surface area contributed by atoms with Crippen LogP contribution in [0.25, 0.3) is 21.9 Å². The van der Waals surface area contributed by atoms with E-state index in [4.69, 9.17) is 11.6 Å². The van der Waals surface area contributed by atoms with Gasteiger partial charge in [0.2, 0.25) is 0 Å². The fourth-order valence-electron chi connectivity index (χ4n) is 2.76. The van der Waals surface area contributed by atoms with Crippen LogP contribution in [0.2, 0.25) is 5.15 Å². The van der Waals surface area contributed by atoms with Crippen LogP contribution in [0.3, 0.4) is 0 Å². The monoisotopic (exact) mass is 413 g/mol. The van der Waals surface area contributed by atoms with Gasteiger partial charge in [0.1, 0.15) is 5.82 Å². The molecule has 0 saturated carbocycles. The van der Waals surface area contributed by atoms with Gasteiger partial charge in [-0.2, -0.15) is 0 Å². The lowest BCUT2D eigenvalue weighted by molar-refractivity contribution is 0.599. The fraction of sp³-hybridized carbons (Fsp3) is 0. The molecule has 0 aliphatic carbocycles. The highest BCUT2D eigenvalue weighted by Gasteiger charge is 2.17. The van der Waals surface area contributed by atoms with E-state index in [-0.39, 0.29) is 15.7 Å². The van der Waals surface area contributed by atoms with Gasteiger partial charge in [0, 0.05) is 29.5 Å². The first-order valence-electron chi connectivity index (χ1n) is 8.20. The van der Waals surface area contributed by atoms with Gasteiger partial charge >= 0.3 is 0 Å². The van der Waals surface area contributed by atoms with Crippen molar-refractivity contribution in [2.75, 3.05) is 4.72 Å². The molecule has 0 fully saturated rings. The molecule has 0 radical (unpaired) electrons. The summed E-state index contributed by atoms with van der Waals surface area (Å²) < 4.78 is 40.6. The topological polar surface area (TPSA) is 72.0 Å². The van der Waals surface area contributed by atoms with Crippen LogP contribution in [0.15, 0.2) is 78.1 Å². The molecule has 4 aromatic rings. The maximum absolute atomic E-state index is 13.1. The van der Waals surface area contributed by atoms with Crippen molar-refractivity contribution in [3.63, 3.8) is 0 Å². The van der Waals surface area contributed by atoms with Crippen molar-refractivity contribution in [1.82, 2.24) is 9.97 Å². The summed E-state index contributed by atoms with van der Waals surface area (Å²) in [5.41, 5.74) is 1.68. The highest BCUT2D eigenvalue weighted by Crippen LogP contribution is 2.30. The minimum Gasteiger partial charge on any atom is -0.276 e. The number of hydrogen-bond donors (Lipinski definition) is 1. The minimum absolute atomic E-state index is 0.0134. The third-order valence-electron chi connectivity index (χ3n) is 4.18. The van der Waals surface area contributed by atoms with E-state index in [0.29, 0.717) is 5.56 Å². The van der Waals surface area contributed by atoms with Gasteiger partial charge in [-0.1, -0.05) is 23.7 Å². The van der Waals surface area contributed by atoms with Gasteiger partial charge in [0.25, 0.3) is 10.0 Å². The van der Waals surface area contributed by atoms with Gasteiger partial charge < -0.3 is 0 Å². The molecule has 140 valence electrons. The SMILES string of the molecule is O=S(=O)(Nc1cc(-c2ccc3cnccc3c2)cnc1Cl)c1ccc(F)cc1. The van der Waals surface area contributed by atoms with Gasteiger partial charge in [-0.25, -0.2) is 17.8 Å². The van der Waals surface area contributed by atoms with Crippen LogP contribution in [-0.4, -0.2) is 18.4 Å². The zero-order valence-electron chi connectivity index (χ0n) is 14.3. The van der Waals surface area contributed by atoms with E-state index < -0.39 is 15.8 Å².